The summed E-state index contributed by atoms with van der Waals surface area (Å²) in [6.07, 6.45) is 2.81. The monoisotopic (exact) mass is 271 g/mol. The first-order valence-corrected chi connectivity index (χ1v) is 3.74. The Labute approximate surface area is 81.5 Å². The smallest absolute Gasteiger partial charge is 0.224 e. The number of halogens is 1. The van der Waals surface area contributed by atoms with E-state index in [-0.39, 0.29) is 30.6 Å². The summed E-state index contributed by atoms with van der Waals surface area (Å²) in [6, 6.07) is 0. The second kappa shape index (κ2) is 5.03. The van der Waals surface area contributed by atoms with Crippen LogP contribution >= 0.6 is 11.3 Å². The number of nitrogens with zero attached hydrogens (tertiary/aromatic N) is 1. The standard InChI is InChI=1S/C6H10NOS.HI/c1-7-4-6(2-3-8)9-5-7;/h4-5,8H,2-3H2,1H3;1H/q+1;/p-1. The lowest BCUT2D eigenvalue weighted by molar-refractivity contribution is -0.666. The fourth-order valence-electron chi connectivity index (χ4n) is 0.672. The fraction of sp³-hybridized carbons (Fsp3) is 0.500. The first kappa shape index (κ1) is 10.3. The van der Waals surface area contributed by atoms with E-state index in [0.717, 1.165) is 6.42 Å². The second-order valence-electron chi connectivity index (χ2n) is 1.96. The van der Waals surface area contributed by atoms with Gasteiger partial charge in [-0.1, -0.05) is 11.3 Å². The molecule has 0 aliphatic heterocycles. The minimum absolute atomic E-state index is 0. The summed E-state index contributed by atoms with van der Waals surface area (Å²) in [5, 5.41) is 8.53. The molecule has 0 aliphatic rings. The normalized spacial score (nSPS) is 9.00. The Morgan fingerprint density at radius 2 is 2.40 bits per heavy atom. The lowest BCUT2D eigenvalue weighted by atomic mass is 10.4. The summed E-state index contributed by atoms with van der Waals surface area (Å²) in [4.78, 5) is 1.24. The topological polar surface area (TPSA) is 24.1 Å². The van der Waals surface area contributed by atoms with E-state index in [4.69, 9.17) is 5.11 Å². The van der Waals surface area contributed by atoms with E-state index in [1.165, 1.54) is 4.88 Å². The minimum Gasteiger partial charge on any atom is -1.00 e. The van der Waals surface area contributed by atoms with Gasteiger partial charge in [-0.2, -0.15) is 4.57 Å². The lowest BCUT2D eigenvalue weighted by Crippen LogP contribution is -3.00. The molecule has 0 aliphatic carbocycles. The van der Waals surface area contributed by atoms with Crippen molar-refractivity contribution in [2.75, 3.05) is 6.61 Å². The molecule has 0 saturated heterocycles. The number of rotatable bonds is 2. The van der Waals surface area contributed by atoms with Gasteiger partial charge in [-0.05, 0) is 0 Å². The first-order chi connectivity index (χ1) is 4.33. The van der Waals surface area contributed by atoms with E-state index in [1.807, 2.05) is 23.3 Å². The number of aromatic nitrogens is 1. The molecular weight excluding hydrogens is 261 g/mol. The van der Waals surface area contributed by atoms with Crippen molar-refractivity contribution in [2.45, 2.75) is 6.42 Å². The summed E-state index contributed by atoms with van der Waals surface area (Å²) in [5.41, 5.74) is 2.02. The summed E-state index contributed by atoms with van der Waals surface area (Å²) in [7, 11) is 1.98. The number of hydrogen-bond donors (Lipinski definition) is 1. The van der Waals surface area contributed by atoms with Gasteiger partial charge in [-0.25, -0.2) is 0 Å². The van der Waals surface area contributed by atoms with Crippen LogP contribution in [0.3, 0.4) is 0 Å². The van der Waals surface area contributed by atoms with Crippen LogP contribution in [0.4, 0.5) is 0 Å². The third kappa shape index (κ3) is 2.94. The summed E-state index contributed by atoms with van der Waals surface area (Å²) in [5.74, 6) is 0. The van der Waals surface area contributed by atoms with E-state index in [2.05, 4.69) is 0 Å². The predicted octanol–water partition coefficient (Wildman–Crippen LogP) is -2.89. The molecule has 0 radical (unpaired) electrons. The van der Waals surface area contributed by atoms with Crippen molar-refractivity contribution < 1.29 is 33.7 Å². The van der Waals surface area contributed by atoms with Crippen LogP contribution in [-0.4, -0.2) is 11.7 Å². The number of aliphatic hydroxyl groups is 1. The average Bonchev–Trinajstić information content (AvgIpc) is 2.17. The van der Waals surface area contributed by atoms with Crippen LogP contribution in [-0.2, 0) is 13.5 Å². The van der Waals surface area contributed by atoms with Gasteiger partial charge in [0.05, 0.1) is 4.88 Å². The van der Waals surface area contributed by atoms with E-state index in [9.17, 15) is 0 Å². The van der Waals surface area contributed by atoms with Crippen LogP contribution in [0.5, 0.6) is 0 Å². The molecule has 10 heavy (non-hydrogen) atoms. The van der Waals surface area contributed by atoms with Gasteiger partial charge in [0.25, 0.3) is 0 Å². The fourth-order valence-corrected chi connectivity index (χ4v) is 1.47. The number of aryl methyl sites for hydroxylation is 1. The molecule has 0 saturated carbocycles. The molecule has 0 atom stereocenters. The zero-order chi connectivity index (χ0) is 6.69. The highest BCUT2D eigenvalue weighted by molar-refractivity contribution is 7.09. The Kier molecular flexibility index (Phi) is 5.20. The van der Waals surface area contributed by atoms with Crippen molar-refractivity contribution >= 4 is 11.3 Å². The molecule has 1 heterocycles. The Morgan fingerprint density at radius 3 is 2.80 bits per heavy atom. The molecule has 1 aromatic heterocycles. The van der Waals surface area contributed by atoms with Crippen molar-refractivity contribution in [3.05, 3.63) is 16.6 Å². The average molecular weight is 271 g/mol. The van der Waals surface area contributed by atoms with Crippen molar-refractivity contribution in [3.8, 4) is 0 Å². The van der Waals surface area contributed by atoms with Gasteiger partial charge in [-0.15, -0.1) is 0 Å². The van der Waals surface area contributed by atoms with Crippen molar-refractivity contribution in [1.29, 1.82) is 0 Å². The minimum atomic E-state index is 0. The molecule has 0 aromatic carbocycles. The summed E-state index contributed by atoms with van der Waals surface area (Å²) >= 11 is 1.68. The van der Waals surface area contributed by atoms with Crippen LogP contribution in [0.2, 0.25) is 0 Å². The molecule has 1 N–H and O–H groups in total. The zero-order valence-electron chi connectivity index (χ0n) is 5.75. The molecule has 2 nitrogen and oxygen atoms in total. The van der Waals surface area contributed by atoms with Crippen LogP contribution < -0.4 is 28.5 Å². The van der Waals surface area contributed by atoms with Gasteiger partial charge in [0.2, 0.25) is 5.51 Å². The van der Waals surface area contributed by atoms with Gasteiger partial charge < -0.3 is 29.1 Å². The Hall–Kier alpha value is 0.320. The quantitative estimate of drug-likeness (QED) is 0.453. The highest BCUT2D eigenvalue weighted by Crippen LogP contribution is 2.02. The summed E-state index contributed by atoms with van der Waals surface area (Å²) in [6.45, 7) is 0.251. The molecule has 1 aromatic rings. The van der Waals surface area contributed by atoms with Crippen LogP contribution in [0.15, 0.2) is 11.7 Å². The third-order valence-corrected chi connectivity index (χ3v) is 2.13. The summed E-state index contributed by atoms with van der Waals surface area (Å²) < 4.78 is 2.00. The second-order valence-corrected chi connectivity index (χ2v) is 2.93. The molecule has 1 rings (SSSR count). The van der Waals surface area contributed by atoms with Crippen LogP contribution in [0.1, 0.15) is 4.88 Å². The molecule has 0 unspecified atom stereocenters. The van der Waals surface area contributed by atoms with Gasteiger partial charge in [-0.3, -0.25) is 0 Å². The molecule has 0 spiro atoms. The maximum atomic E-state index is 8.53. The van der Waals surface area contributed by atoms with Gasteiger partial charge in [0.15, 0.2) is 6.20 Å². The maximum Gasteiger partial charge on any atom is 0.224 e. The molecule has 0 fully saturated rings. The predicted molar refractivity (Wildman–Crippen MR) is 36.3 cm³/mol. The van der Waals surface area contributed by atoms with Crippen molar-refractivity contribution in [1.82, 2.24) is 0 Å². The maximum absolute atomic E-state index is 8.53. The van der Waals surface area contributed by atoms with Crippen LogP contribution in [0.25, 0.3) is 0 Å². The SMILES string of the molecule is C[n+]1csc(CCO)c1.[I-]. The zero-order valence-corrected chi connectivity index (χ0v) is 8.72. The first-order valence-electron chi connectivity index (χ1n) is 2.86. The lowest BCUT2D eigenvalue weighted by Gasteiger charge is -1.82. The Balaban J connectivity index is 0.000000810. The van der Waals surface area contributed by atoms with Crippen LogP contribution in [0, 0.1) is 0 Å². The Morgan fingerprint density at radius 1 is 1.70 bits per heavy atom. The van der Waals surface area contributed by atoms with Gasteiger partial charge in [0.1, 0.15) is 7.05 Å². The number of aliphatic hydroxyl groups excluding tert-OH is 1. The van der Waals surface area contributed by atoms with E-state index in [0.29, 0.717) is 0 Å². The van der Waals surface area contributed by atoms with E-state index >= 15 is 0 Å². The highest BCUT2D eigenvalue weighted by atomic mass is 127. The number of thiazole rings is 1. The van der Waals surface area contributed by atoms with Crippen molar-refractivity contribution in [2.24, 2.45) is 7.05 Å². The van der Waals surface area contributed by atoms with E-state index < -0.39 is 0 Å². The van der Waals surface area contributed by atoms with Gasteiger partial charge in [0, 0.05) is 13.0 Å². The van der Waals surface area contributed by atoms with Gasteiger partial charge >= 0.3 is 0 Å². The molecule has 4 heteroatoms. The largest absolute Gasteiger partial charge is 1.00 e. The molecule has 58 valence electrons. The molecule has 0 amide bonds. The Bertz CT molecular complexity index is 190. The molecular formula is C6H10INOS. The third-order valence-electron chi connectivity index (χ3n) is 1.08. The molecule has 0 bridgehead atoms. The van der Waals surface area contributed by atoms with Crippen molar-refractivity contribution in [3.63, 3.8) is 0 Å². The van der Waals surface area contributed by atoms with E-state index in [1.54, 1.807) is 11.3 Å². The highest BCUT2D eigenvalue weighted by Gasteiger charge is 1.99. The number of hydrogen-bond acceptors (Lipinski definition) is 2.